The van der Waals surface area contributed by atoms with Gasteiger partial charge in [0.05, 0.1) is 6.61 Å². The summed E-state index contributed by atoms with van der Waals surface area (Å²) in [5.74, 6) is 1.99. The zero-order chi connectivity index (χ0) is 16.1. The molecule has 0 aromatic heterocycles. The van der Waals surface area contributed by atoms with E-state index in [4.69, 9.17) is 4.74 Å². The van der Waals surface area contributed by atoms with Gasteiger partial charge in [0.1, 0.15) is 5.75 Å². The molecule has 0 aliphatic heterocycles. The van der Waals surface area contributed by atoms with Gasteiger partial charge in [-0.05, 0) is 68.3 Å². The quantitative estimate of drug-likeness (QED) is 0.832. The van der Waals surface area contributed by atoms with Crippen molar-refractivity contribution in [3.63, 3.8) is 0 Å². The van der Waals surface area contributed by atoms with Gasteiger partial charge < -0.3 is 10.1 Å². The van der Waals surface area contributed by atoms with Crippen LogP contribution in [0.3, 0.4) is 0 Å². The van der Waals surface area contributed by atoms with Crippen LogP contribution in [0.4, 0.5) is 0 Å². The van der Waals surface area contributed by atoms with Crippen LogP contribution in [-0.4, -0.2) is 12.1 Å². The molecule has 126 valence electrons. The molecule has 4 aliphatic rings. The number of hydrogen-bond acceptors (Lipinski definition) is 2. The summed E-state index contributed by atoms with van der Waals surface area (Å²) in [4.78, 5) is 0. The van der Waals surface area contributed by atoms with Crippen molar-refractivity contribution < 1.29 is 4.74 Å². The van der Waals surface area contributed by atoms with Gasteiger partial charge in [0, 0.05) is 17.6 Å². The normalized spacial score (nSPS) is 41.3. The minimum atomic E-state index is 0.363. The molecule has 4 saturated carbocycles. The molecule has 2 nitrogen and oxygen atoms in total. The molecule has 2 heteroatoms. The van der Waals surface area contributed by atoms with Gasteiger partial charge in [-0.25, -0.2) is 0 Å². The molecule has 5 rings (SSSR count). The Morgan fingerprint density at radius 3 is 2.39 bits per heavy atom. The van der Waals surface area contributed by atoms with Crippen LogP contribution >= 0.6 is 0 Å². The van der Waals surface area contributed by atoms with Gasteiger partial charge >= 0.3 is 0 Å². The third-order valence-electron chi connectivity index (χ3n) is 6.55. The summed E-state index contributed by atoms with van der Waals surface area (Å²) in [5.41, 5.74) is 2.81. The second kappa shape index (κ2) is 5.24. The number of hydrogen-bond donors (Lipinski definition) is 1. The third kappa shape index (κ3) is 2.80. The molecule has 4 fully saturated rings. The van der Waals surface area contributed by atoms with Gasteiger partial charge in [-0.1, -0.05) is 32.0 Å². The average Bonchev–Trinajstić information content (AvgIpc) is 2.43. The maximum atomic E-state index is 5.81. The predicted octanol–water partition coefficient (Wildman–Crippen LogP) is 4.92. The van der Waals surface area contributed by atoms with Crippen LogP contribution in [-0.2, 0) is 6.54 Å². The standard InChI is InChI=1S/C21H31NO/c1-4-23-18-8-6-5-7-17(18)12-22-21-11-16-9-19(2,14-21)13-20(3,10-16)15-21/h5-8,16,22H,4,9-15H2,1-3H3. The molecule has 1 aromatic carbocycles. The predicted molar refractivity (Wildman–Crippen MR) is 94.6 cm³/mol. The van der Waals surface area contributed by atoms with Crippen molar-refractivity contribution in [2.24, 2.45) is 16.7 Å². The lowest BCUT2D eigenvalue weighted by Gasteiger charge is -2.65. The van der Waals surface area contributed by atoms with E-state index in [0.717, 1.165) is 24.8 Å². The van der Waals surface area contributed by atoms with Crippen molar-refractivity contribution in [3.8, 4) is 5.75 Å². The van der Waals surface area contributed by atoms with Crippen molar-refractivity contribution in [2.45, 2.75) is 71.4 Å². The lowest BCUT2D eigenvalue weighted by atomic mass is 9.43. The Morgan fingerprint density at radius 1 is 1.04 bits per heavy atom. The summed E-state index contributed by atoms with van der Waals surface area (Å²) in [5, 5.41) is 4.01. The van der Waals surface area contributed by atoms with Crippen LogP contribution in [0.1, 0.15) is 64.9 Å². The van der Waals surface area contributed by atoms with E-state index in [0.29, 0.717) is 16.4 Å². The van der Waals surface area contributed by atoms with Crippen molar-refractivity contribution in [3.05, 3.63) is 29.8 Å². The third-order valence-corrected chi connectivity index (χ3v) is 6.55. The fourth-order valence-corrected chi connectivity index (χ4v) is 6.87. The van der Waals surface area contributed by atoms with Crippen LogP contribution in [0.2, 0.25) is 0 Å². The van der Waals surface area contributed by atoms with Crippen molar-refractivity contribution in [2.75, 3.05) is 6.61 Å². The summed E-state index contributed by atoms with van der Waals surface area (Å²) in [7, 11) is 0. The van der Waals surface area contributed by atoms with Crippen molar-refractivity contribution in [1.29, 1.82) is 0 Å². The zero-order valence-corrected chi connectivity index (χ0v) is 15.0. The van der Waals surface area contributed by atoms with E-state index < -0.39 is 0 Å². The highest BCUT2D eigenvalue weighted by molar-refractivity contribution is 5.33. The molecular formula is C21H31NO. The van der Waals surface area contributed by atoms with Gasteiger partial charge in [0.25, 0.3) is 0 Å². The number of ether oxygens (including phenoxy) is 1. The highest BCUT2D eigenvalue weighted by Crippen LogP contribution is 2.66. The van der Waals surface area contributed by atoms with Crippen LogP contribution in [0.5, 0.6) is 5.75 Å². The van der Waals surface area contributed by atoms with E-state index >= 15 is 0 Å². The van der Waals surface area contributed by atoms with Crippen LogP contribution in [0.15, 0.2) is 24.3 Å². The molecule has 4 aliphatic carbocycles. The Kier molecular flexibility index (Phi) is 3.53. The fourth-order valence-electron chi connectivity index (χ4n) is 6.87. The summed E-state index contributed by atoms with van der Waals surface area (Å²) in [6, 6.07) is 8.51. The number of rotatable bonds is 5. The van der Waals surface area contributed by atoms with Crippen molar-refractivity contribution in [1.82, 2.24) is 5.32 Å². The maximum absolute atomic E-state index is 5.81. The molecule has 0 saturated heterocycles. The average molecular weight is 313 g/mol. The Hall–Kier alpha value is -1.02. The largest absolute Gasteiger partial charge is 0.494 e. The van der Waals surface area contributed by atoms with E-state index in [9.17, 15) is 0 Å². The second-order valence-corrected chi connectivity index (χ2v) is 9.30. The first-order valence-corrected chi connectivity index (χ1v) is 9.39. The van der Waals surface area contributed by atoms with Gasteiger partial charge in [-0.15, -0.1) is 0 Å². The molecule has 1 aromatic rings. The van der Waals surface area contributed by atoms with Crippen LogP contribution in [0.25, 0.3) is 0 Å². The molecule has 4 bridgehead atoms. The van der Waals surface area contributed by atoms with Gasteiger partial charge in [0.15, 0.2) is 0 Å². The number of nitrogens with one attached hydrogen (secondary N) is 1. The Morgan fingerprint density at radius 2 is 1.74 bits per heavy atom. The van der Waals surface area contributed by atoms with Gasteiger partial charge in [-0.2, -0.15) is 0 Å². The first-order valence-electron chi connectivity index (χ1n) is 9.39. The molecule has 0 radical (unpaired) electrons. The SMILES string of the molecule is CCOc1ccccc1CNC12CC3CC(C)(CC(C)(C3)C1)C2. The summed E-state index contributed by atoms with van der Waals surface area (Å²) >= 11 is 0. The molecule has 2 unspecified atom stereocenters. The summed E-state index contributed by atoms with van der Waals surface area (Å²) < 4.78 is 5.81. The van der Waals surface area contributed by atoms with E-state index in [1.165, 1.54) is 44.1 Å². The highest BCUT2D eigenvalue weighted by Gasteiger charge is 2.59. The van der Waals surface area contributed by atoms with Crippen LogP contribution in [0, 0.1) is 16.7 Å². The monoisotopic (exact) mass is 313 g/mol. The maximum Gasteiger partial charge on any atom is 0.123 e. The van der Waals surface area contributed by atoms with Gasteiger partial charge in [0.2, 0.25) is 0 Å². The Labute approximate surface area is 141 Å². The molecule has 23 heavy (non-hydrogen) atoms. The first-order chi connectivity index (χ1) is 10.9. The molecule has 0 spiro atoms. The minimum absolute atomic E-state index is 0.363. The highest BCUT2D eigenvalue weighted by atomic mass is 16.5. The van der Waals surface area contributed by atoms with Crippen molar-refractivity contribution >= 4 is 0 Å². The summed E-state index contributed by atoms with van der Waals surface area (Å²) in [6.45, 7) is 8.82. The van der Waals surface area contributed by atoms with Gasteiger partial charge in [-0.3, -0.25) is 0 Å². The zero-order valence-electron chi connectivity index (χ0n) is 15.0. The topological polar surface area (TPSA) is 21.3 Å². The number of para-hydroxylation sites is 1. The molecule has 2 atom stereocenters. The first kappa shape index (κ1) is 15.5. The van der Waals surface area contributed by atoms with E-state index in [2.05, 4.69) is 50.4 Å². The molecular weight excluding hydrogens is 282 g/mol. The Balaban J connectivity index is 1.53. The lowest BCUT2D eigenvalue weighted by Crippen LogP contribution is -2.63. The van der Waals surface area contributed by atoms with E-state index in [-0.39, 0.29) is 0 Å². The lowest BCUT2D eigenvalue weighted by molar-refractivity contribution is -0.118. The second-order valence-electron chi connectivity index (χ2n) is 9.30. The van der Waals surface area contributed by atoms with Crippen LogP contribution < -0.4 is 10.1 Å². The minimum Gasteiger partial charge on any atom is -0.494 e. The van der Waals surface area contributed by atoms with E-state index in [1.807, 2.05) is 0 Å². The smallest absolute Gasteiger partial charge is 0.123 e. The summed E-state index contributed by atoms with van der Waals surface area (Å²) in [6.07, 6.45) is 8.47. The number of benzene rings is 1. The Bertz CT molecular complexity index is 577. The molecule has 0 amide bonds. The fraction of sp³-hybridized carbons (Fsp3) is 0.714. The van der Waals surface area contributed by atoms with E-state index in [1.54, 1.807) is 0 Å². The molecule has 0 heterocycles. The molecule has 1 N–H and O–H groups in total.